The van der Waals surface area contributed by atoms with Crippen LogP contribution in [-0.2, 0) is 9.59 Å². The summed E-state index contributed by atoms with van der Waals surface area (Å²) in [5.41, 5.74) is 0.00821. The molecule has 5 heteroatoms. The Kier molecular flexibility index (Phi) is 4.73. The van der Waals surface area contributed by atoms with Crippen LogP contribution in [0.15, 0.2) is 10.8 Å². The van der Waals surface area contributed by atoms with Gasteiger partial charge in [0.2, 0.25) is 0 Å². The lowest BCUT2D eigenvalue weighted by Gasteiger charge is -2.33. The highest BCUT2D eigenvalue weighted by molar-refractivity contribution is 6.87. The van der Waals surface area contributed by atoms with Gasteiger partial charge in [0.25, 0.3) is 0 Å². The lowest BCUT2D eigenvalue weighted by Crippen LogP contribution is -2.43. The van der Waals surface area contributed by atoms with Gasteiger partial charge in [0.15, 0.2) is 0 Å². The minimum Gasteiger partial charge on any atom is -0.546 e. The Hall–Kier alpha value is -1.10. The highest BCUT2D eigenvalue weighted by Crippen LogP contribution is 2.33. The van der Waals surface area contributed by atoms with E-state index in [4.69, 9.17) is 0 Å². The van der Waals surface area contributed by atoms with E-state index >= 15 is 0 Å². The van der Waals surface area contributed by atoms with Crippen molar-refractivity contribution in [1.82, 2.24) is 0 Å². The van der Waals surface area contributed by atoms with Crippen LogP contribution in [0.2, 0.25) is 19.6 Å². The van der Waals surface area contributed by atoms with E-state index < -0.39 is 20.0 Å². The van der Waals surface area contributed by atoms with Crippen LogP contribution < -0.4 is 10.2 Å². The molecule has 0 saturated heterocycles. The van der Waals surface area contributed by atoms with E-state index in [2.05, 4.69) is 0 Å². The molecule has 0 spiro atoms. The molecule has 1 aliphatic rings. The van der Waals surface area contributed by atoms with Gasteiger partial charge < -0.3 is 19.8 Å². The minimum absolute atomic E-state index is 0.00821. The molecule has 1 saturated carbocycles. The molecule has 0 N–H and O–H groups in total. The molecule has 1 aliphatic carbocycles. The van der Waals surface area contributed by atoms with Crippen molar-refractivity contribution >= 4 is 20.0 Å². The van der Waals surface area contributed by atoms with E-state index in [-0.39, 0.29) is 16.7 Å². The zero-order chi connectivity index (χ0) is 13.9. The van der Waals surface area contributed by atoms with Crippen LogP contribution in [0.4, 0.5) is 0 Å². The second kappa shape index (κ2) is 5.69. The maximum atomic E-state index is 11.4. The SMILES string of the molecule is C[Si](C)(C)/C(C(=O)[O-])=C(\C(=O)[O-])C1CCCCC1. The van der Waals surface area contributed by atoms with Gasteiger partial charge in [-0.3, -0.25) is 0 Å². The molecule has 18 heavy (non-hydrogen) atoms. The average molecular weight is 268 g/mol. The number of carbonyl (C=O) groups excluding carboxylic acids is 2. The van der Waals surface area contributed by atoms with Crippen LogP contribution in [0.5, 0.6) is 0 Å². The highest BCUT2D eigenvalue weighted by Gasteiger charge is 2.29. The Labute approximate surface area is 109 Å². The zero-order valence-electron chi connectivity index (χ0n) is 11.2. The molecule has 0 radical (unpaired) electrons. The molecule has 0 aromatic rings. The number of rotatable bonds is 4. The first-order chi connectivity index (χ1) is 8.25. The van der Waals surface area contributed by atoms with E-state index in [0.29, 0.717) is 0 Å². The first kappa shape index (κ1) is 15.0. The minimum atomic E-state index is -2.26. The van der Waals surface area contributed by atoms with Gasteiger partial charge in [-0.2, -0.15) is 0 Å². The zero-order valence-corrected chi connectivity index (χ0v) is 12.2. The maximum absolute atomic E-state index is 11.4. The Balaban J connectivity index is 3.28. The van der Waals surface area contributed by atoms with Gasteiger partial charge in [-0.15, -0.1) is 0 Å². The lowest BCUT2D eigenvalue weighted by atomic mass is 9.83. The smallest absolute Gasteiger partial charge is 0.0804 e. The van der Waals surface area contributed by atoms with Crippen LogP contribution in [0.1, 0.15) is 32.1 Å². The molecular weight excluding hydrogens is 248 g/mol. The number of carbonyl (C=O) groups is 2. The molecule has 0 atom stereocenters. The predicted octanol–water partition coefficient (Wildman–Crippen LogP) is 0.240. The van der Waals surface area contributed by atoms with Crippen LogP contribution >= 0.6 is 0 Å². The van der Waals surface area contributed by atoms with Crippen LogP contribution in [0.25, 0.3) is 0 Å². The van der Waals surface area contributed by atoms with Crippen molar-refractivity contribution in [3.8, 4) is 0 Å². The standard InChI is InChI=1S/C13H22O4Si/c1-18(2,3)11(13(16)17)10(12(14)15)9-7-5-4-6-8-9/h9H,4-8H2,1-3H3,(H,14,15)(H,16,17)/p-2/b11-10-. The summed E-state index contributed by atoms with van der Waals surface area (Å²) in [5, 5.41) is 22.7. The average Bonchev–Trinajstić information content (AvgIpc) is 2.24. The second-order valence-electron chi connectivity index (χ2n) is 5.95. The van der Waals surface area contributed by atoms with Crippen LogP contribution in [0, 0.1) is 5.92 Å². The Morgan fingerprint density at radius 2 is 1.44 bits per heavy atom. The van der Waals surface area contributed by atoms with Crippen molar-refractivity contribution in [2.24, 2.45) is 5.92 Å². The van der Waals surface area contributed by atoms with Crippen LogP contribution in [-0.4, -0.2) is 20.0 Å². The summed E-state index contributed by atoms with van der Waals surface area (Å²) in [6, 6.07) is 0. The van der Waals surface area contributed by atoms with Crippen LogP contribution in [0.3, 0.4) is 0 Å². The van der Waals surface area contributed by atoms with E-state index in [1.807, 2.05) is 19.6 Å². The molecular formula is C13H20O4Si-2. The number of carboxylic acids is 2. The van der Waals surface area contributed by atoms with E-state index in [1.54, 1.807) is 0 Å². The Morgan fingerprint density at radius 3 is 1.78 bits per heavy atom. The third kappa shape index (κ3) is 3.45. The fraction of sp³-hybridized carbons (Fsp3) is 0.692. The van der Waals surface area contributed by atoms with Crippen molar-refractivity contribution in [2.75, 3.05) is 0 Å². The number of aliphatic carboxylic acids is 2. The van der Waals surface area contributed by atoms with Gasteiger partial charge in [0, 0.05) is 0 Å². The molecule has 0 aromatic heterocycles. The molecule has 0 unspecified atom stereocenters. The fourth-order valence-electron chi connectivity index (χ4n) is 2.68. The maximum Gasteiger partial charge on any atom is 0.0804 e. The number of carboxylic acid groups (broad SMARTS) is 2. The molecule has 1 fully saturated rings. The molecule has 4 nitrogen and oxygen atoms in total. The van der Waals surface area contributed by atoms with Gasteiger partial charge in [-0.05, 0) is 29.5 Å². The second-order valence-corrected chi connectivity index (χ2v) is 10.9. The monoisotopic (exact) mass is 268 g/mol. The molecule has 0 aromatic carbocycles. The quantitative estimate of drug-likeness (QED) is 0.540. The van der Waals surface area contributed by atoms with Gasteiger partial charge in [0.1, 0.15) is 0 Å². The van der Waals surface area contributed by atoms with Crippen molar-refractivity contribution in [3.05, 3.63) is 10.8 Å². The molecule has 102 valence electrons. The molecule has 0 bridgehead atoms. The van der Waals surface area contributed by atoms with Crippen molar-refractivity contribution in [1.29, 1.82) is 0 Å². The first-order valence-electron chi connectivity index (χ1n) is 6.42. The normalized spacial score (nSPS) is 19.3. The Morgan fingerprint density at radius 1 is 0.944 bits per heavy atom. The number of hydrogen-bond donors (Lipinski definition) is 0. The Bertz CT molecular complexity index is 373. The summed E-state index contributed by atoms with van der Waals surface area (Å²) >= 11 is 0. The largest absolute Gasteiger partial charge is 0.546 e. The third-order valence-corrected chi connectivity index (χ3v) is 5.43. The van der Waals surface area contributed by atoms with Gasteiger partial charge >= 0.3 is 0 Å². The summed E-state index contributed by atoms with van der Waals surface area (Å²) in [6.07, 6.45) is 4.47. The van der Waals surface area contributed by atoms with E-state index in [0.717, 1.165) is 32.1 Å². The summed E-state index contributed by atoms with van der Waals surface area (Å²) in [5.74, 6) is -2.84. The molecule has 0 aliphatic heterocycles. The van der Waals surface area contributed by atoms with Crippen molar-refractivity contribution in [2.45, 2.75) is 51.7 Å². The fourth-order valence-corrected chi connectivity index (χ4v) is 4.41. The van der Waals surface area contributed by atoms with E-state index in [1.165, 1.54) is 0 Å². The van der Waals surface area contributed by atoms with Crippen molar-refractivity contribution in [3.63, 3.8) is 0 Å². The topological polar surface area (TPSA) is 80.3 Å². The summed E-state index contributed by atoms with van der Waals surface area (Å²) in [7, 11) is -2.26. The third-order valence-electron chi connectivity index (χ3n) is 3.46. The van der Waals surface area contributed by atoms with Gasteiger partial charge in [-0.25, -0.2) is 0 Å². The van der Waals surface area contributed by atoms with Gasteiger partial charge in [-0.1, -0.05) is 38.9 Å². The van der Waals surface area contributed by atoms with Crippen molar-refractivity contribution < 1.29 is 19.8 Å². The molecule has 0 amide bonds. The van der Waals surface area contributed by atoms with E-state index in [9.17, 15) is 19.8 Å². The highest BCUT2D eigenvalue weighted by atomic mass is 28.3. The van der Waals surface area contributed by atoms with Gasteiger partial charge in [0.05, 0.1) is 20.0 Å². The first-order valence-corrected chi connectivity index (χ1v) is 9.92. The molecule has 0 heterocycles. The summed E-state index contributed by atoms with van der Waals surface area (Å²) in [6.45, 7) is 5.47. The number of hydrogen-bond acceptors (Lipinski definition) is 4. The lowest BCUT2D eigenvalue weighted by molar-refractivity contribution is -0.304. The summed E-state index contributed by atoms with van der Waals surface area (Å²) < 4.78 is 0. The predicted molar refractivity (Wildman–Crippen MR) is 67.0 cm³/mol. The summed E-state index contributed by atoms with van der Waals surface area (Å²) in [4.78, 5) is 22.7. The molecule has 1 rings (SSSR count).